The quantitative estimate of drug-likeness (QED) is 0.860. The summed E-state index contributed by atoms with van der Waals surface area (Å²) in [5, 5.41) is 5.93. The molecule has 6 heteroatoms. The maximum Gasteiger partial charge on any atom is 0.230 e. The predicted octanol–water partition coefficient (Wildman–Crippen LogP) is 3.57. The number of hydrogen-bond acceptors (Lipinski definition) is 4. The van der Waals surface area contributed by atoms with Crippen LogP contribution in [-0.2, 0) is 22.6 Å². The van der Waals surface area contributed by atoms with Gasteiger partial charge in [0.05, 0.1) is 17.1 Å². The summed E-state index contributed by atoms with van der Waals surface area (Å²) in [6.45, 7) is 5.61. The number of benzene rings is 1. The summed E-state index contributed by atoms with van der Waals surface area (Å²) in [5.74, 6) is 0.515. The van der Waals surface area contributed by atoms with Gasteiger partial charge in [0, 0.05) is 36.5 Å². The minimum Gasteiger partial charge on any atom is -0.338 e. The average molecular weight is 357 g/mol. The third-order valence-electron chi connectivity index (χ3n) is 4.16. The zero-order valence-corrected chi connectivity index (χ0v) is 15.4. The van der Waals surface area contributed by atoms with Gasteiger partial charge in [-0.2, -0.15) is 0 Å². The van der Waals surface area contributed by atoms with Crippen LogP contribution in [-0.4, -0.2) is 28.2 Å². The van der Waals surface area contributed by atoms with E-state index in [2.05, 4.69) is 24.1 Å². The molecule has 0 aliphatic carbocycles. The third kappa shape index (κ3) is 4.66. The van der Waals surface area contributed by atoms with Crippen molar-refractivity contribution in [3.05, 3.63) is 45.9 Å². The molecule has 0 bridgehead atoms. The molecule has 0 atom stereocenters. The van der Waals surface area contributed by atoms with Crippen molar-refractivity contribution in [2.24, 2.45) is 0 Å². The standard InChI is InChI=1S/C19H23N3O2S/c1-13(2)19-21-16(12-25-19)10-17(23)20-15-6-3-5-14(9-15)11-22-8-4-7-18(22)24/h3,5-6,9,12-13H,4,7-8,10-11H2,1-2H3,(H,20,23). The molecule has 2 aromatic rings. The molecule has 25 heavy (non-hydrogen) atoms. The number of likely N-dealkylation sites (tertiary alicyclic amines) is 1. The van der Waals surface area contributed by atoms with Gasteiger partial charge in [-0.05, 0) is 24.1 Å². The Hall–Kier alpha value is -2.21. The first kappa shape index (κ1) is 17.6. The van der Waals surface area contributed by atoms with E-state index in [0.717, 1.165) is 34.9 Å². The van der Waals surface area contributed by atoms with Crippen molar-refractivity contribution in [2.45, 2.75) is 45.6 Å². The molecule has 1 aliphatic rings. The second-order valence-electron chi connectivity index (χ2n) is 6.68. The number of carbonyl (C=O) groups excluding carboxylic acids is 2. The highest BCUT2D eigenvalue weighted by molar-refractivity contribution is 7.09. The number of hydrogen-bond donors (Lipinski definition) is 1. The predicted molar refractivity (Wildman–Crippen MR) is 99.6 cm³/mol. The SMILES string of the molecule is CC(C)c1nc(CC(=O)Nc2cccc(CN3CCCC3=O)c2)cs1. The molecular formula is C19H23N3O2S. The number of aromatic nitrogens is 1. The number of thiazole rings is 1. The average Bonchev–Trinajstić information content (AvgIpc) is 3.17. The summed E-state index contributed by atoms with van der Waals surface area (Å²) in [4.78, 5) is 30.4. The maximum atomic E-state index is 12.3. The lowest BCUT2D eigenvalue weighted by Gasteiger charge is -2.16. The maximum absolute atomic E-state index is 12.3. The zero-order chi connectivity index (χ0) is 17.8. The van der Waals surface area contributed by atoms with Crippen LogP contribution < -0.4 is 5.32 Å². The highest BCUT2D eigenvalue weighted by Crippen LogP contribution is 2.20. The molecule has 0 saturated carbocycles. The van der Waals surface area contributed by atoms with Gasteiger partial charge >= 0.3 is 0 Å². The summed E-state index contributed by atoms with van der Waals surface area (Å²) in [5.41, 5.74) is 2.60. The van der Waals surface area contributed by atoms with E-state index in [1.165, 1.54) is 0 Å². The molecule has 1 aromatic heterocycles. The van der Waals surface area contributed by atoms with E-state index in [-0.39, 0.29) is 18.2 Å². The molecule has 5 nitrogen and oxygen atoms in total. The molecule has 1 aliphatic heterocycles. The van der Waals surface area contributed by atoms with Gasteiger partial charge in [0.25, 0.3) is 0 Å². The van der Waals surface area contributed by atoms with E-state index in [4.69, 9.17) is 0 Å². The normalized spacial score (nSPS) is 14.4. The van der Waals surface area contributed by atoms with Crippen LogP contribution in [0.5, 0.6) is 0 Å². The van der Waals surface area contributed by atoms with E-state index >= 15 is 0 Å². The Balaban J connectivity index is 1.59. The first-order valence-electron chi connectivity index (χ1n) is 8.62. The molecule has 2 amide bonds. The lowest BCUT2D eigenvalue weighted by atomic mass is 10.2. The third-order valence-corrected chi connectivity index (χ3v) is 5.35. The topological polar surface area (TPSA) is 62.3 Å². The first-order valence-corrected chi connectivity index (χ1v) is 9.50. The summed E-state index contributed by atoms with van der Waals surface area (Å²) in [7, 11) is 0. The number of anilines is 1. The smallest absolute Gasteiger partial charge is 0.230 e. The molecule has 1 fully saturated rings. The first-order chi connectivity index (χ1) is 12.0. The van der Waals surface area contributed by atoms with Crippen LogP contribution in [0.2, 0.25) is 0 Å². The summed E-state index contributed by atoms with van der Waals surface area (Å²) in [6.07, 6.45) is 1.85. The van der Waals surface area contributed by atoms with E-state index < -0.39 is 0 Å². The summed E-state index contributed by atoms with van der Waals surface area (Å²) >= 11 is 1.60. The Kier molecular flexibility index (Phi) is 5.48. The Bertz CT molecular complexity index is 770. The molecule has 0 radical (unpaired) electrons. The van der Waals surface area contributed by atoms with Gasteiger partial charge in [0.1, 0.15) is 0 Å². The van der Waals surface area contributed by atoms with Crippen molar-refractivity contribution in [3.63, 3.8) is 0 Å². The van der Waals surface area contributed by atoms with Crippen LogP contribution >= 0.6 is 11.3 Å². The van der Waals surface area contributed by atoms with Crippen LogP contribution in [0.15, 0.2) is 29.6 Å². The Labute approximate surface area is 152 Å². The Morgan fingerprint density at radius 3 is 2.92 bits per heavy atom. The molecule has 1 saturated heterocycles. The van der Waals surface area contributed by atoms with Gasteiger partial charge in [-0.3, -0.25) is 9.59 Å². The number of nitrogens with zero attached hydrogens (tertiary/aromatic N) is 2. The second-order valence-corrected chi connectivity index (χ2v) is 7.57. The number of rotatable bonds is 6. The van der Waals surface area contributed by atoms with Crippen LogP contribution in [0, 0.1) is 0 Å². The minimum absolute atomic E-state index is 0.0741. The lowest BCUT2D eigenvalue weighted by Crippen LogP contribution is -2.23. The molecule has 2 heterocycles. The molecule has 0 spiro atoms. The fourth-order valence-corrected chi connectivity index (χ4v) is 3.71. The molecular weight excluding hydrogens is 334 g/mol. The fraction of sp³-hybridized carbons (Fsp3) is 0.421. The highest BCUT2D eigenvalue weighted by atomic mass is 32.1. The van der Waals surface area contributed by atoms with Crippen LogP contribution in [0.4, 0.5) is 5.69 Å². The Morgan fingerprint density at radius 1 is 1.40 bits per heavy atom. The van der Waals surface area contributed by atoms with E-state index in [1.807, 2.05) is 34.5 Å². The van der Waals surface area contributed by atoms with E-state index in [9.17, 15) is 9.59 Å². The molecule has 1 aromatic carbocycles. The van der Waals surface area contributed by atoms with Crippen LogP contribution in [0.1, 0.15) is 48.9 Å². The van der Waals surface area contributed by atoms with Gasteiger partial charge in [-0.1, -0.05) is 26.0 Å². The van der Waals surface area contributed by atoms with Gasteiger partial charge < -0.3 is 10.2 Å². The van der Waals surface area contributed by atoms with Crippen molar-refractivity contribution in [1.29, 1.82) is 0 Å². The molecule has 0 unspecified atom stereocenters. The fourth-order valence-electron chi connectivity index (χ4n) is 2.88. The molecule has 132 valence electrons. The summed E-state index contributed by atoms with van der Waals surface area (Å²) in [6, 6.07) is 7.69. The summed E-state index contributed by atoms with van der Waals surface area (Å²) < 4.78 is 0. The Morgan fingerprint density at radius 2 is 2.24 bits per heavy atom. The van der Waals surface area contributed by atoms with Crippen molar-refractivity contribution in [1.82, 2.24) is 9.88 Å². The lowest BCUT2D eigenvalue weighted by molar-refractivity contribution is -0.128. The number of amides is 2. The number of carbonyl (C=O) groups is 2. The van der Waals surface area contributed by atoms with Crippen molar-refractivity contribution < 1.29 is 9.59 Å². The van der Waals surface area contributed by atoms with Crippen molar-refractivity contribution in [3.8, 4) is 0 Å². The van der Waals surface area contributed by atoms with Gasteiger partial charge in [-0.25, -0.2) is 4.98 Å². The van der Waals surface area contributed by atoms with E-state index in [1.54, 1.807) is 11.3 Å². The van der Waals surface area contributed by atoms with Gasteiger partial charge in [0.15, 0.2) is 0 Å². The zero-order valence-electron chi connectivity index (χ0n) is 14.6. The van der Waals surface area contributed by atoms with E-state index in [0.29, 0.717) is 18.9 Å². The van der Waals surface area contributed by atoms with Crippen molar-refractivity contribution >= 4 is 28.8 Å². The molecule has 1 N–H and O–H groups in total. The van der Waals surface area contributed by atoms with Crippen LogP contribution in [0.3, 0.4) is 0 Å². The number of nitrogens with one attached hydrogen (secondary N) is 1. The van der Waals surface area contributed by atoms with Gasteiger partial charge in [-0.15, -0.1) is 11.3 Å². The highest BCUT2D eigenvalue weighted by Gasteiger charge is 2.20. The second kappa shape index (κ2) is 7.78. The van der Waals surface area contributed by atoms with Crippen LogP contribution in [0.25, 0.3) is 0 Å². The molecule has 3 rings (SSSR count). The monoisotopic (exact) mass is 357 g/mol. The minimum atomic E-state index is -0.0741. The van der Waals surface area contributed by atoms with Gasteiger partial charge in [0.2, 0.25) is 11.8 Å². The van der Waals surface area contributed by atoms with Crippen molar-refractivity contribution in [2.75, 3.05) is 11.9 Å². The largest absolute Gasteiger partial charge is 0.338 e.